The van der Waals surface area contributed by atoms with Crippen molar-refractivity contribution in [2.75, 3.05) is 31.9 Å². The zero-order valence-corrected chi connectivity index (χ0v) is 12.1. The first-order chi connectivity index (χ1) is 9.63. The molecule has 1 amide bonds. The number of amides is 1. The molecule has 0 saturated carbocycles. The highest BCUT2D eigenvalue weighted by Gasteiger charge is 2.15. The van der Waals surface area contributed by atoms with Crippen LogP contribution < -0.4 is 11.1 Å². The van der Waals surface area contributed by atoms with E-state index in [-0.39, 0.29) is 5.91 Å². The molecular formula is C15H24N4O. The van der Waals surface area contributed by atoms with Crippen LogP contribution in [0.4, 0.5) is 5.69 Å². The number of carbonyl (C=O) groups is 1. The van der Waals surface area contributed by atoms with Crippen LogP contribution >= 0.6 is 0 Å². The molecule has 0 radical (unpaired) electrons. The van der Waals surface area contributed by atoms with Gasteiger partial charge >= 0.3 is 0 Å². The maximum Gasteiger partial charge on any atom is 0.226 e. The van der Waals surface area contributed by atoms with Gasteiger partial charge in [0.2, 0.25) is 5.91 Å². The number of nitrogen functional groups attached to an aromatic ring is 1. The minimum absolute atomic E-state index is 0.0237. The predicted molar refractivity (Wildman–Crippen MR) is 80.2 cm³/mol. The Kier molecular flexibility index (Phi) is 5.35. The second-order valence-corrected chi connectivity index (χ2v) is 5.68. The monoisotopic (exact) mass is 276 g/mol. The average Bonchev–Trinajstić information content (AvgIpc) is 2.92. The van der Waals surface area contributed by atoms with E-state index >= 15 is 0 Å². The van der Waals surface area contributed by atoms with E-state index in [2.05, 4.69) is 22.1 Å². The summed E-state index contributed by atoms with van der Waals surface area (Å²) in [5.41, 5.74) is 6.94. The van der Waals surface area contributed by atoms with Gasteiger partial charge in [-0.3, -0.25) is 9.78 Å². The summed E-state index contributed by atoms with van der Waals surface area (Å²) in [4.78, 5) is 18.4. The van der Waals surface area contributed by atoms with Crippen molar-refractivity contribution in [1.29, 1.82) is 0 Å². The van der Waals surface area contributed by atoms with E-state index in [1.54, 1.807) is 18.3 Å². The van der Waals surface area contributed by atoms with E-state index in [0.717, 1.165) is 18.8 Å². The van der Waals surface area contributed by atoms with Gasteiger partial charge in [-0.05, 0) is 44.0 Å². The molecule has 1 fully saturated rings. The van der Waals surface area contributed by atoms with Gasteiger partial charge in [-0.15, -0.1) is 0 Å². The van der Waals surface area contributed by atoms with Crippen LogP contribution in [0.3, 0.4) is 0 Å². The van der Waals surface area contributed by atoms with Crippen LogP contribution in [-0.4, -0.2) is 42.0 Å². The maximum absolute atomic E-state index is 11.8. The quantitative estimate of drug-likeness (QED) is 0.815. The lowest BCUT2D eigenvalue weighted by molar-refractivity contribution is -0.120. The molecule has 1 unspecified atom stereocenters. The number of hydrogen-bond acceptors (Lipinski definition) is 4. The number of carbonyl (C=O) groups excluding carboxylic acids is 1. The van der Waals surface area contributed by atoms with Gasteiger partial charge in [0.05, 0.1) is 18.3 Å². The third-order valence-corrected chi connectivity index (χ3v) is 3.61. The van der Waals surface area contributed by atoms with Crippen molar-refractivity contribution in [2.24, 2.45) is 5.92 Å². The summed E-state index contributed by atoms with van der Waals surface area (Å²) in [5.74, 6) is 0.506. The second-order valence-electron chi connectivity index (χ2n) is 5.68. The van der Waals surface area contributed by atoms with Crippen LogP contribution in [0.25, 0.3) is 0 Å². The largest absolute Gasteiger partial charge is 0.397 e. The molecule has 0 aliphatic carbocycles. The molecule has 3 N–H and O–H groups in total. The highest BCUT2D eigenvalue weighted by molar-refractivity contribution is 5.78. The van der Waals surface area contributed by atoms with Gasteiger partial charge in [0.1, 0.15) is 0 Å². The van der Waals surface area contributed by atoms with Gasteiger partial charge in [-0.1, -0.05) is 6.92 Å². The molecule has 0 aromatic carbocycles. The van der Waals surface area contributed by atoms with E-state index in [4.69, 9.17) is 5.73 Å². The van der Waals surface area contributed by atoms with Crippen molar-refractivity contribution < 1.29 is 4.79 Å². The normalized spacial score (nSPS) is 17.1. The number of anilines is 1. The van der Waals surface area contributed by atoms with Crippen LogP contribution in [0, 0.1) is 5.92 Å². The summed E-state index contributed by atoms with van der Waals surface area (Å²) in [6, 6.07) is 3.56. The Morgan fingerprint density at radius 2 is 2.20 bits per heavy atom. The number of hydrogen-bond donors (Lipinski definition) is 2. The molecule has 5 nitrogen and oxygen atoms in total. The topological polar surface area (TPSA) is 71.2 Å². The first kappa shape index (κ1) is 14.8. The molecule has 110 valence electrons. The summed E-state index contributed by atoms with van der Waals surface area (Å²) in [6.07, 6.45) is 4.51. The lowest BCUT2D eigenvalue weighted by atomic mass is 10.1. The molecule has 1 aliphatic heterocycles. The van der Waals surface area contributed by atoms with E-state index in [1.165, 1.54) is 25.9 Å². The van der Waals surface area contributed by atoms with Crippen LogP contribution in [0.1, 0.15) is 25.5 Å². The molecule has 5 heteroatoms. The summed E-state index contributed by atoms with van der Waals surface area (Å²) in [7, 11) is 0. The predicted octanol–water partition coefficient (Wildman–Crippen LogP) is 1.05. The van der Waals surface area contributed by atoms with Gasteiger partial charge in [-0.2, -0.15) is 0 Å². The van der Waals surface area contributed by atoms with Gasteiger partial charge in [-0.25, -0.2) is 0 Å². The minimum atomic E-state index is 0.0237. The van der Waals surface area contributed by atoms with Crippen LogP contribution in [0.5, 0.6) is 0 Å². The van der Waals surface area contributed by atoms with Gasteiger partial charge in [0, 0.05) is 18.8 Å². The Morgan fingerprint density at radius 1 is 1.45 bits per heavy atom. The van der Waals surface area contributed by atoms with E-state index in [9.17, 15) is 4.79 Å². The first-order valence-electron chi connectivity index (χ1n) is 7.33. The molecule has 1 atom stereocenters. The standard InChI is InChI=1S/C15H24N4O/c1-12(11-19-6-2-3-7-19)9-18-15(20)8-14-5-4-13(16)10-17-14/h4-5,10,12H,2-3,6-9,11,16H2,1H3,(H,18,20). The Morgan fingerprint density at radius 3 is 2.85 bits per heavy atom. The highest BCUT2D eigenvalue weighted by atomic mass is 16.1. The molecule has 1 aromatic rings. The number of rotatable bonds is 6. The highest BCUT2D eigenvalue weighted by Crippen LogP contribution is 2.09. The summed E-state index contributed by atoms with van der Waals surface area (Å²) < 4.78 is 0. The molecule has 1 aliphatic rings. The Balaban J connectivity index is 1.67. The SMILES string of the molecule is CC(CNC(=O)Cc1ccc(N)cn1)CN1CCCC1. The summed E-state index contributed by atoms with van der Waals surface area (Å²) >= 11 is 0. The van der Waals surface area contributed by atoms with E-state index < -0.39 is 0 Å². The van der Waals surface area contributed by atoms with Crippen LogP contribution in [-0.2, 0) is 11.2 Å². The lowest BCUT2D eigenvalue weighted by Gasteiger charge is -2.20. The number of likely N-dealkylation sites (tertiary alicyclic amines) is 1. The number of nitrogens with zero attached hydrogens (tertiary/aromatic N) is 2. The molecule has 2 heterocycles. The smallest absolute Gasteiger partial charge is 0.226 e. The summed E-state index contributed by atoms with van der Waals surface area (Å²) in [5, 5.41) is 2.98. The number of aromatic nitrogens is 1. The fourth-order valence-corrected chi connectivity index (χ4v) is 2.53. The second kappa shape index (κ2) is 7.24. The molecule has 0 spiro atoms. The minimum Gasteiger partial charge on any atom is -0.397 e. The third-order valence-electron chi connectivity index (χ3n) is 3.61. The zero-order valence-electron chi connectivity index (χ0n) is 12.1. The molecular weight excluding hydrogens is 252 g/mol. The molecule has 1 saturated heterocycles. The summed E-state index contributed by atoms with van der Waals surface area (Å²) in [6.45, 7) is 6.38. The van der Waals surface area contributed by atoms with Crippen LogP contribution in [0.15, 0.2) is 18.3 Å². The van der Waals surface area contributed by atoms with Gasteiger partial charge in [0.25, 0.3) is 0 Å². The zero-order chi connectivity index (χ0) is 14.4. The molecule has 2 rings (SSSR count). The Bertz CT molecular complexity index is 426. The number of pyridine rings is 1. The van der Waals surface area contributed by atoms with E-state index in [0.29, 0.717) is 18.0 Å². The van der Waals surface area contributed by atoms with Crippen molar-refractivity contribution in [2.45, 2.75) is 26.2 Å². The molecule has 0 bridgehead atoms. The van der Waals surface area contributed by atoms with Crippen molar-refractivity contribution in [3.05, 3.63) is 24.0 Å². The van der Waals surface area contributed by atoms with Gasteiger partial charge in [0.15, 0.2) is 0 Å². The average molecular weight is 276 g/mol. The first-order valence-corrected chi connectivity index (χ1v) is 7.33. The van der Waals surface area contributed by atoms with Crippen molar-refractivity contribution in [1.82, 2.24) is 15.2 Å². The van der Waals surface area contributed by atoms with E-state index in [1.807, 2.05) is 0 Å². The van der Waals surface area contributed by atoms with Gasteiger partial charge < -0.3 is 16.0 Å². The lowest BCUT2D eigenvalue weighted by Crippen LogP contribution is -2.35. The van der Waals surface area contributed by atoms with Crippen molar-refractivity contribution in [3.8, 4) is 0 Å². The van der Waals surface area contributed by atoms with Crippen molar-refractivity contribution >= 4 is 11.6 Å². The third kappa shape index (κ3) is 4.81. The Hall–Kier alpha value is -1.62. The van der Waals surface area contributed by atoms with Crippen LogP contribution in [0.2, 0.25) is 0 Å². The fourth-order valence-electron chi connectivity index (χ4n) is 2.53. The maximum atomic E-state index is 11.8. The molecule has 20 heavy (non-hydrogen) atoms. The van der Waals surface area contributed by atoms with Crippen molar-refractivity contribution in [3.63, 3.8) is 0 Å². The number of nitrogens with one attached hydrogen (secondary N) is 1. The number of nitrogens with two attached hydrogens (primary N) is 1. The Labute approximate surface area is 120 Å². The molecule has 1 aromatic heterocycles. The fraction of sp³-hybridized carbons (Fsp3) is 0.600.